The van der Waals surface area contributed by atoms with Crippen LogP contribution in [0.15, 0.2) is 60.0 Å². The van der Waals surface area contributed by atoms with Gasteiger partial charge in [0.1, 0.15) is 24.7 Å². The maximum Gasteiger partial charge on any atom is 0.246 e. The molecule has 1 amide bonds. The fourth-order valence-electron chi connectivity index (χ4n) is 4.27. The Labute approximate surface area is 203 Å². The average Bonchev–Trinajstić information content (AvgIpc) is 3.44. The summed E-state index contributed by atoms with van der Waals surface area (Å²) in [6.07, 6.45) is 2.48. The number of hydrogen-bond acceptors (Lipinski definition) is 6. The molecule has 1 saturated heterocycles. The number of imidazole rings is 1. The standard InChI is InChI=1S/C26H29N5O2S/c1-19-11-13-30(14-12-19)15-20-18-34-26(27-20)29-25(32)16-31-23-10-6-5-9-22(23)28-24(31)17-33-21-7-3-2-4-8-21/h2-10,18-19H,11-17H2,1H3,(H,27,29,32). The Balaban J connectivity index is 1.25. The number of carbonyl (C=O) groups excluding carboxylic acids is 1. The van der Waals surface area contributed by atoms with Crippen LogP contribution in [0.4, 0.5) is 5.13 Å². The molecule has 3 heterocycles. The fraction of sp³-hybridized carbons (Fsp3) is 0.346. The number of anilines is 1. The Hall–Kier alpha value is -3.23. The van der Waals surface area contributed by atoms with Gasteiger partial charge in [0.2, 0.25) is 5.91 Å². The van der Waals surface area contributed by atoms with E-state index in [-0.39, 0.29) is 19.1 Å². The van der Waals surface area contributed by atoms with E-state index in [1.54, 1.807) is 0 Å². The molecule has 0 aliphatic carbocycles. The van der Waals surface area contributed by atoms with Gasteiger partial charge in [0.05, 0.1) is 16.7 Å². The number of thiazole rings is 1. The van der Waals surface area contributed by atoms with Crippen molar-refractivity contribution in [1.82, 2.24) is 19.4 Å². The number of aromatic nitrogens is 3. The summed E-state index contributed by atoms with van der Waals surface area (Å²) in [7, 11) is 0. The minimum Gasteiger partial charge on any atom is -0.486 e. The van der Waals surface area contributed by atoms with E-state index in [2.05, 4.69) is 22.1 Å². The van der Waals surface area contributed by atoms with Gasteiger partial charge in [-0.2, -0.15) is 0 Å². The van der Waals surface area contributed by atoms with E-state index in [1.165, 1.54) is 24.2 Å². The summed E-state index contributed by atoms with van der Waals surface area (Å²) < 4.78 is 7.83. The second kappa shape index (κ2) is 10.4. The highest BCUT2D eigenvalue weighted by atomic mass is 32.1. The summed E-state index contributed by atoms with van der Waals surface area (Å²) in [4.78, 5) is 24.7. The SMILES string of the molecule is CC1CCN(Cc2csc(NC(=O)Cn3c(COc4ccccc4)nc4ccccc43)n2)CC1. The molecule has 2 aromatic carbocycles. The minimum absolute atomic E-state index is 0.128. The quantitative estimate of drug-likeness (QED) is 0.391. The Morgan fingerprint density at radius 2 is 1.85 bits per heavy atom. The zero-order valence-electron chi connectivity index (χ0n) is 19.3. The van der Waals surface area contributed by atoms with Gasteiger partial charge in [-0.05, 0) is 56.1 Å². The summed E-state index contributed by atoms with van der Waals surface area (Å²) in [5, 5.41) is 5.65. The van der Waals surface area contributed by atoms with Crippen molar-refractivity contribution >= 4 is 33.4 Å². The summed E-state index contributed by atoms with van der Waals surface area (Å²) in [6.45, 7) is 5.81. The monoisotopic (exact) mass is 475 g/mol. The largest absolute Gasteiger partial charge is 0.486 e. The highest BCUT2D eigenvalue weighted by Crippen LogP contribution is 2.22. The lowest BCUT2D eigenvalue weighted by Gasteiger charge is -2.29. The number of fused-ring (bicyclic) bond motifs is 1. The maximum absolute atomic E-state index is 12.9. The van der Waals surface area contributed by atoms with Crippen LogP contribution in [0, 0.1) is 5.92 Å². The zero-order valence-corrected chi connectivity index (χ0v) is 20.1. The first-order chi connectivity index (χ1) is 16.6. The van der Waals surface area contributed by atoms with Crippen molar-refractivity contribution in [2.24, 2.45) is 5.92 Å². The van der Waals surface area contributed by atoms with Crippen LogP contribution in [0.2, 0.25) is 0 Å². The number of piperidine rings is 1. The summed E-state index contributed by atoms with van der Waals surface area (Å²) in [5.41, 5.74) is 2.76. The molecule has 7 nitrogen and oxygen atoms in total. The third-order valence-electron chi connectivity index (χ3n) is 6.21. The molecule has 4 aromatic rings. The molecule has 176 valence electrons. The first-order valence-corrected chi connectivity index (χ1v) is 12.6. The van der Waals surface area contributed by atoms with Crippen LogP contribution in [0.1, 0.15) is 31.3 Å². The van der Waals surface area contributed by atoms with E-state index in [0.717, 1.165) is 48.0 Å². The Kier molecular flexibility index (Phi) is 6.87. The number of para-hydroxylation sites is 3. The van der Waals surface area contributed by atoms with Crippen LogP contribution < -0.4 is 10.1 Å². The van der Waals surface area contributed by atoms with Crippen LogP contribution in [0.25, 0.3) is 11.0 Å². The molecule has 8 heteroatoms. The molecular formula is C26H29N5O2S. The Morgan fingerprint density at radius 3 is 2.68 bits per heavy atom. The number of nitrogens with one attached hydrogen (secondary N) is 1. The van der Waals surface area contributed by atoms with E-state index in [9.17, 15) is 4.79 Å². The predicted molar refractivity (Wildman–Crippen MR) is 135 cm³/mol. The van der Waals surface area contributed by atoms with E-state index in [0.29, 0.717) is 11.0 Å². The molecule has 0 spiro atoms. The van der Waals surface area contributed by atoms with Crippen molar-refractivity contribution in [3.8, 4) is 5.75 Å². The Bertz CT molecular complexity index is 1240. The summed E-state index contributed by atoms with van der Waals surface area (Å²) >= 11 is 1.48. The summed E-state index contributed by atoms with van der Waals surface area (Å²) in [6, 6.07) is 17.4. The first-order valence-electron chi connectivity index (χ1n) is 11.7. The van der Waals surface area contributed by atoms with Gasteiger partial charge < -0.3 is 14.6 Å². The van der Waals surface area contributed by atoms with Crippen molar-refractivity contribution in [3.05, 3.63) is 71.5 Å². The van der Waals surface area contributed by atoms with Crippen molar-refractivity contribution in [1.29, 1.82) is 0 Å². The van der Waals surface area contributed by atoms with Gasteiger partial charge in [-0.25, -0.2) is 9.97 Å². The molecule has 1 aliphatic heterocycles. The highest BCUT2D eigenvalue weighted by Gasteiger charge is 2.18. The highest BCUT2D eigenvalue weighted by molar-refractivity contribution is 7.13. The maximum atomic E-state index is 12.9. The molecule has 1 fully saturated rings. The average molecular weight is 476 g/mol. The second-order valence-corrected chi connectivity index (χ2v) is 9.71. The normalized spacial score (nSPS) is 15.0. The van der Waals surface area contributed by atoms with Crippen molar-refractivity contribution in [2.75, 3.05) is 18.4 Å². The number of likely N-dealkylation sites (tertiary alicyclic amines) is 1. The van der Waals surface area contributed by atoms with E-state index >= 15 is 0 Å². The van der Waals surface area contributed by atoms with Gasteiger partial charge in [-0.15, -0.1) is 11.3 Å². The number of amides is 1. The molecule has 0 unspecified atom stereocenters. The molecule has 34 heavy (non-hydrogen) atoms. The lowest BCUT2D eigenvalue weighted by atomic mass is 9.99. The zero-order chi connectivity index (χ0) is 23.3. The molecule has 5 rings (SSSR count). The second-order valence-electron chi connectivity index (χ2n) is 8.86. The number of benzene rings is 2. The number of nitrogens with zero attached hydrogens (tertiary/aromatic N) is 4. The van der Waals surface area contributed by atoms with Crippen molar-refractivity contribution in [3.63, 3.8) is 0 Å². The minimum atomic E-state index is -0.128. The van der Waals surface area contributed by atoms with Crippen LogP contribution in [0.5, 0.6) is 5.75 Å². The molecule has 1 N–H and O–H groups in total. The van der Waals surface area contributed by atoms with Crippen LogP contribution in [-0.4, -0.2) is 38.4 Å². The summed E-state index contributed by atoms with van der Waals surface area (Å²) in [5.74, 6) is 2.16. The van der Waals surface area contributed by atoms with Gasteiger partial charge in [0.25, 0.3) is 0 Å². The van der Waals surface area contributed by atoms with Crippen LogP contribution >= 0.6 is 11.3 Å². The van der Waals surface area contributed by atoms with E-state index < -0.39 is 0 Å². The Morgan fingerprint density at radius 1 is 1.09 bits per heavy atom. The van der Waals surface area contributed by atoms with Crippen LogP contribution in [0.3, 0.4) is 0 Å². The molecule has 0 radical (unpaired) electrons. The topological polar surface area (TPSA) is 72.3 Å². The van der Waals surface area contributed by atoms with E-state index in [4.69, 9.17) is 9.72 Å². The first kappa shape index (κ1) is 22.6. The van der Waals surface area contributed by atoms with Gasteiger partial charge in [0.15, 0.2) is 5.13 Å². The van der Waals surface area contributed by atoms with Gasteiger partial charge in [0, 0.05) is 11.9 Å². The molecule has 0 atom stereocenters. The predicted octanol–water partition coefficient (Wildman–Crippen LogP) is 4.94. The molecule has 1 aliphatic rings. The lowest BCUT2D eigenvalue weighted by Crippen LogP contribution is -2.32. The number of ether oxygens (including phenoxy) is 1. The van der Waals surface area contributed by atoms with Gasteiger partial charge in [-0.3, -0.25) is 9.69 Å². The van der Waals surface area contributed by atoms with Crippen molar-refractivity contribution < 1.29 is 9.53 Å². The van der Waals surface area contributed by atoms with Crippen molar-refractivity contribution in [2.45, 2.75) is 39.5 Å². The molecule has 2 aromatic heterocycles. The fourth-order valence-corrected chi connectivity index (χ4v) is 4.98. The smallest absolute Gasteiger partial charge is 0.246 e. The number of hydrogen-bond donors (Lipinski definition) is 1. The molecular weight excluding hydrogens is 446 g/mol. The van der Waals surface area contributed by atoms with Gasteiger partial charge in [-0.1, -0.05) is 37.3 Å². The third kappa shape index (κ3) is 5.46. The third-order valence-corrected chi connectivity index (χ3v) is 7.01. The van der Waals surface area contributed by atoms with Crippen LogP contribution in [-0.2, 0) is 24.5 Å². The lowest BCUT2D eigenvalue weighted by molar-refractivity contribution is -0.116. The van der Waals surface area contributed by atoms with Gasteiger partial charge >= 0.3 is 0 Å². The number of carbonyl (C=O) groups is 1. The molecule has 0 saturated carbocycles. The number of rotatable bonds is 8. The van der Waals surface area contributed by atoms with E-state index in [1.807, 2.05) is 64.5 Å². The molecule has 0 bridgehead atoms.